The molecule has 0 aliphatic rings. The van der Waals surface area contributed by atoms with Crippen LogP contribution in [0.5, 0.6) is 0 Å². The van der Waals surface area contributed by atoms with E-state index in [0.29, 0.717) is 11.5 Å². The van der Waals surface area contributed by atoms with Gasteiger partial charge in [-0.25, -0.2) is 0 Å². The van der Waals surface area contributed by atoms with Crippen LogP contribution in [0.15, 0.2) is 48.5 Å². The van der Waals surface area contributed by atoms with E-state index in [1.807, 2.05) is 32.0 Å². The molecule has 0 heterocycles. The molecule has 0 spiro atoms. The number of anilines is 1. The van der Waals surface area contributed by atoms with Gasteiger partial charge in [0, 0.05) is 16.6 Å². The van der Waals surface area contributed by atoms with E-state index >= 15 is 0 Å². The van der Waals surface area contributed by atoms with E-state index in [2.05, 4.69) is 25.2 Å². The topological polar surface area (TPSA) is 46.2 Å². The predicted octanol–water partition coefficient (Wildman–Crippen LogP) is 5.34. The molecule has 3 nitrogen and oxygen atoms in total. The van der Waals surface area contributed by atoms with Crippen molar-refractivity contribution in [2.45, 2.75) is 33.6 Å². The standard InChI is InChI=1S/C18H22NO2P.C2H6/c1-13(2)15-6-5-7-16(12-15)19-18(20)14-8-10-17(11-9-14)22(3,4)21;1-2/h5-13H,1-4H3,(H,19,20);1-2H3. The second-order valence-electron chi connectivity index (χ2n) is 6.13. The van der Waals surface area contributed by atoms with Crippen LogP contribution in [0.25, 0.3) is 0 Å². The number of carbonyl (C=O) groups excluding carboxylic acids is 1. The second kappa shape index (κ2) is 8.84. The normalized spacial score (nSPS) is 10.8. The van der Waals surface area contributed by atoms with Crippen LogP contribution in [0.2, 0.25) is 0 Å². The minimum atomic E-state index is -2.28. The zero-order valence-electron chi connectivity index (χ0n) is 15.5. The first-order valence-corrected chi connectivity index (χ1v) is 10.9. The number of amides is 1. The summed E-state index contributed by atoms with van der Waals surface area (Å²) in [5.74, 6) is 0.258. The summed E-state index contributed by atoms with van der Waals surface area (Å²) in [6.07, 6.45) is 0. The lowest BCUT2D eigenvalue weighted by Gasteiger charge is -2.11. The molecule has 1 N–H and O–H groups in total. The monoisotopic (exact) mass is 345 g/mol. The molecule has 0 saturated heterocycles. The van der Waals surface area contributed by atoms with E-state index in [0.717, 1.165) is 11.0 Å². The van der Waals surface area contributed by atoms with Crippen molar-refractivity contribution >= 4 is 24.0 Å². The Kier molecular flexibility index (Phi) is 7.44. The molecule has 0 aliphatic heterocycles. The number of hydrogen-bond donors (Lipinski definition) is 1. The van der Waals surface area contributed by atoms with E-state index in [1.165, 1.54) is 5.56 Å². The van der Waals surface area contributed by atoms with Gasteiger partial charge in [0.25, 0.3) is 5.91 Å². The minimum Gasteiger partial charge on any atom is -0.322 e. The van der Waals surface area contributed by atoms with Crippen LogP contribution in [0.1, 0.15) is 49.5 Å². The highest BCUT2D eigenvalue weighted by Crippen LogP contribution is 2.34. The average Bonchev–Trinajstić information content (AvgIpc) is 2.56. The van der Waals surface area contributed by atoms with Crippen molar-refractivity contribution in [1.82, 2.24) is 0 Å². The molecule has 0 saturated carbocycles. The van der Waals surface area contributed by atoms with Crippen molar-refractivity contribution in [3.8, 4) is 0 Å². The summed E-state index contributed by atoms with van der Waals surface area (Å²) in [5, 5.41) is 3.69. The lowest BCUT2D eigenvalue weighted by atomic mass is 10.0. The van der Waals surface area contributed by atoms with Gasteiger partial charge in [0.05, 0.1) is 0 Å². The van der Waals surface area contributed by atoms with E-state index in [4.69, 9.17) is 0 Å². The Balaban J connectivity index is 0.00000139. The van der Waals surface area contributed by atoms with Crippen molar-refractivity contribution in [3.05, 3.63) is 59.7 Å². The number of hydrogen-bond acceptors (Lipinski definition) is 2. The summed E-state index contributed by atoms with van der Waals surface area (Å²) in [7, 11) is -2.28. The third kappa shape index (κ3) is 5.65. The first-order valence-electron chi connectivity index (χ1n) is 8.34. The molecule has 0 atom stereocenters. The van der Waals surface area contributed by atoms with Gasteiger partial charge >= 0.3 is 0 Å². The summed E-state index contributed by atoms with van der Waals surface area (Å²) < 4.78 is 12.0. The van der Waals surface area contributed by atoms with Gasteiger partial charge in [-0.15, -0.1) is 0 Å². The molecule has 4 heteroatoms. The SMILES string of the molecule is CC.CC(C)c1cccc(NC(=O)c2ccc(P(C)(C)=O)cc2)c1. The number of nitrogens with one attached hydrogen (secondary N) is 1. The van der Waals surface area contributed by atoms with Crippen molar-refractivity contribution in [3.63, 3.8) is 0 Å². The molecule has 2 aromatic carbocycles. The van der Waals surface area contributed by atoms with Crippen molar-refractivity contribution in [2.24, 2.45) is 0 Å². The van der Waals surface area contributed by atoms with Crippen LogP contribution in [-0.2, 0) is 4.57 Å². The summed E-state index contributed by atoms with van der Waals surface area (Å²) in [6.45, 7) is 11.7. The zero-order valence-corrected chi connectivity index (χ0v) is 16.4. The minimum absolute atomic E-state index is 0.158. The maximum absolute atomic E-state index is 12.3. The quantitative estimate of drug-likeness (QED) is 0.761. The largest absolute Gasteiger partial charge is 0.322 e. The molecule has 130 valence electrons. The Morgan fingerprint density at radius 3 is 2.08 bits per heavy atom. The molecule has 2 rings (SSSR count). The van der Waals surface area contributed by atoms with Crippen LogP contribution in [-0.4, -0.2) is 19.2 Å². The van der Waals surface area contributed by atoms with Crippen LogP contribution >= 0.6 is 7.14 Å². The fraction of sp³-hybridized carbons (Fsp3) is 0.350. The van der Waals surface area contributed by atoms with Gasteiger partial charge in [0.1, 0.15) is 7.14 Å². The third-order valence-electron chi connectivity index (χ3n) is 3.56. The van der Waals surface area contributed by atoms with E-state index in [9.17, 15) is 9.36 Å². The highest BCUT2D eigenvalue weighted by atomic mass is 31.2. The Morgan fingerprint density at radius 1 is 1.00 bits per heavy atom. The highest BCUT2D eigenvalue weighted by Gasteiger charge is 2.12. The Bertz CT molecular complexity index is 715. The molecule has 0 radical (unpaired) electrons. The summed E-state index contributed by atoms with van der Waals surface area (Å²) >= 11 is 0. The number of carbonyl (C=O) groups is 1. The Morgan fingerprint density at radius 2 is 1.58 bits per heavy atom. The van der Waals surface area contributed by atoms with Gasteiger partial charge in [0.15, 0.2) is 0 Å². The average molecular weight is 345 g/mol. The first-order chi connectivity index (χ1) is 11.3. The zero-order chi connectivity index (χ0) is 18.3. The molecule has 24 heavy (non-hydrogen) atoms. The van der Waals surface area contributed by atoms with Crippen molar-refractivity contribution < 1.29 is 9.36 Å². The molecular weight excluding hydrogens is 317 g/mol. The van der Waals surface area contributed by atoms with Gasteiger partial charge in [0.2, 0.25) is 0 Å². The van der Waals surface area contributed by atoms with Gasteiger partial charge in [-0.2, -0.15) is 0 Å². The lowest BCUT2D eigenvalue weighted by Crippen LogP contribution is -2.13. The molecule has 0 aromatic heterocycles. The third-order valence-corrected chi connectivity index (χ3v) is 5.10. The van der Waals surface area contributed by atoms with E-state index in [-0.39, 0.29) is 5.91 Å². The predicted molar refractivity (Wildman–Crippen MR) is 105 cm³/mol. The summed E-state index contributed by atoms with van der Waals surface area (Å²) in [6, 6.07) is 14.8. The van der Waals surface area contributed by atoms with Crippen LogP contribution in [0.3, 0.4) is 0 Å². The summed E-state index contributed by atoms with van der Waals surface area (Å²) in [5.41, 5.74) is 2.54. The van der Waals surface area contributed by atoms with Gasteiger partial charge in [-0.1, -0.05) is 52.0 Å². The molecule has 0 aliphatic carbocycles. The molecule has 0 fully saturated rings. The number of rotatable bonds is 4. The fourth-order valence-electron chi connectivity index (χ4n) is 2.15. The van der Waals surface area contributed by atoms with Crippen LogP contribution in [0, 0.1) is 0 Å². The number of benzene rings is 2. The second-order valence-corrected chi connectivity index (χ2v) is 9.35. The first kappa shape index (κ1) is 20.2. The fourth-order valence-corrected chi connectivity index (χ4v) is 3.02. The Hall–Kier alpha value is -1.86. The highest BCUT2D eigenvalue weighted by molar-refractivity contribution is 7.70. The molecule has 1 amide bonds. The van der Waals surface area contributed by atoms with Crippen molar-refractivity contribution in [2.75, 3.05) is 18.6 Å². The maximum atomic E-state index is 12.3. The van der Waals surface area contributed by atoms with Crippen LogP contribution in [0.4, 0.5) is 5.69 Å². The Labute approximate surface area is 145 Å². The molecule has 2 aromatic rings. The van der Waals surface area contributed by atoms with Gasteiger partial charge < -0.3 is 9.88 Å². The smallest absolute Gasteiger partial charge is 0.255 e. The maximum Gasteiger partial charge on any atom is 0.255 e. The lowest BCUT2D eigenvalue weighted by molar-refractivity contribution is 0.102. The van der Waals surface area contributed by atoms with Crippen LogP contribution < -0.4 is 10.6 Å². The molecular formula is C20H28NO2P. The molecule has 0 bridgehead atoms. The molecule has 0 unspecified atom stereocenters. The van der Waals surface area contributed by atoms with Gasteiger partial charge in [-0.3, -0.25) is 4.79 Å². The van der Waals surface area contributed by atoms with Gasteiger partial charge in [-0.05, 0) is 49.1 Å². The van der Waals surface area contributed by atoms with E-state index in [1.54, 1.807) is 37.6 Å². The van der Waals surface area contributed by atoms with E-state index < -0.39 is 7.14 Å². The van der Waals surface area contributed by atoms with Crippen molar-refractivity contribution in [1.29, 1.82) is 0 Å². The summed E-state index contributed by atoms with van der Waals surface area (Å²) in [4.78, 5) is 12.3.